The van der Waals surface area contributed by atoms with Gasteiger partial charge in [-0.05, 0) is 60.0 Å². The smallest absolute Gasteiger partial charge is 0.335 e. The number of nitriles is 1. The molecule has 0 spiro atoms. The third kappa shape index (κ3) is 4.75. The molecule has 0 bridgehead atoms. The van der Waals surface area contributed by atoms with Gasteiger partial charge in [0.1, 0.15) is 6.04 Å². The Morgan fingerprint density at radius 2 is 1.79 bits per heavy atom. The molecule has 3 aromatic rings. The number of fused-ring (bicyclic) bond motifs is 1. The highest BCUT2D eigenvalue weighted by molar-refractivity contribution is 6.03. The summed E-state index contributed by atoms with van der Waals surface area (Å²) in [6.45, 7) is 0.351. The number of amides is 2. The second kappa shape index (κ2) is 9.37. The van der Waals surface area contributed by atoms with Gasteiger partial charge in [-0.2, -0.15) is 5.26 Å². The molecule has 1 aliphatic rings. The summed E-state index contributed by atoms with van der Waals surface area (Å²) in [6, 6.07) is 21.6. The molecular formula is C26H21N3O4. The van der Waals surface area contributed by atoms with Crippen LogP contribution in [0.25, 0.3) is 0 Å². The molecule has 7 nitrogen and oxygen atoms in total. The van der Waals surface area contributed by atoms with Crippen LogP contribution in [0.2, 0.25) is 0 Å². The van der Waals surface area contributed by atoms with Crippen molar-refractivity contribution in [1.29, 1.82) is 5.26 Å². The van der Waals surface area contributed by atoms with Crippen LogP contribution in [0.5, 0.6) is 0 Å². The van der Waals surface area contributed by atoms with Crippen molar-refractivity contribution in [2.45, 2.75) is 18.9 Å². The number of carbonyl (C=O) groups excluding carboxylic acids is 2. The summed E-state index contributed by atoms with van der Waals surface area (Å²) in [5.74, 6) is -1.66. The Kier molecular flexibility index (Phi) is 6.18. The van der Waals surface area contributed by atoms with E-state index in [0.717, 1.165) is 11.1 Å². The number of carboxylic acids is 1. The van der Waals surface area contributed by atoms with Crippen molar-refractivity contribution in [3.05, 3.63) is 101 Å². The predicted octanol–water partition coefficient (Wildman–Crippen LogP) is 3.50. The first-order valence-electron chi connectivity index (χ1n) is 10.5. The number of carboxylic acid groups (broad SMARTS) is 1. The van der Waals surface area contributed by atoms with Crippen LogP contribution in [-0.2, 0) is 17.6 Å². The molecule has 7 heteroatoms. The van der Waals surface area contributed by atoms with Crippen molar-refractivity contribution in [3.63, 3.8) is 0 Å². The average molecular weight is 439 g/mol. The lowest BCUT2D eigenvalue weighted by molar-refractivity contribution is -0.120. The Labute approximate surface area is 190 Å². The molecule has 0 fully saturated rings. The largest absolute Gasteiger partial charge is 0.478 e. The van der Waals surface area contributed by atoms with E-state index in [-0.39, 0.29) is 17.4 Å². The second-order valence-electron chi connectivity index (χ2n) is 7.81. The molecule has 0 radical (unpaired) electrons. The summed E-state index contributed by atoms with van der Waals surface area (Å²) < 4.78 is 0. The lowest BCUT2D eigenvalue weighted by Crippen LogP contribution is -2.51. The van der Waals surface area contributed by atoms with Crippen molar-refractivity contribution in [2.75, 3.05) is 11.9 Å². The van der Waals surface area contributed by atoms with Gasteiger partial charge in [0.05, 0.1) is 17.2 Å². The number of nitrogens with one attached hydrogen (secondary N) is 1. The molecular weight excluding hydrogens is 418 g/mol. The molecule has 0 unspecified atom stereocenters. The predicted molar refractivity (Wildman–Crippen MR) is 122 cm³/mol. The van der Waals surface area contributed by atoms with Crippen LogP contribution < -0.4 is 5.32 Å². The maximum atomic E-state index is 13.3. The van der Waals surface area contributed by atoms with E-state index in [1.54, 1.807) is 23.1 Å². The van der Waals surface area contributed by atoms with Gasteiger partial charge in [0.25, 0.3) is 5.91 Å². The highest BCUT2D eigenvalue weighted by Gasteiger charge is 2.34. The van der Waals surface area contributed by atoms with Crippen molar-refractivity contribution in [2.24, 2.45) is 0 Å². The Hall–Kier alpha value is -4.44. The van der Waals surface area contributed by atoms with Gasteiger partial charge in [0.15, 0.2) is 0 Å². The fourth-order valence-corrected chi connectivity index (χ4v) is 3.98. The number of aromatic carboxylic acids is 1. The number of anilines is 1. The fraction of sp³-hybridized carbons (Fsp3) is 0.154. The molecule has 0 saturated heterocycles. The molecule has 2 N–H and O–H groups in total. The van der Waals surface area contributed by atoms with E-state index in [4.69, 9.17) is 10.4 Å². The van der Waals surface area contributed by atoms with E-state index in [1.165, 1.54) is 24.3 Å². The summed E-state index contributed by atoms with van der Waals surface area (Å²) in [6.07, 6.45) is 0.875. The van der Waals surface area contributed by atoms with Crippen LogP contribution in [0, 0.1) is 11.3 Å². The highest BCUT2D eigenvalue weighted by atomic mass is 16.4. The monoisotopic (exact) mass is 439 g/mol. The van der Waals surface area contributed by atoms with E-state index >= 15 is 0 Å². The average Bonchev–Trinajstić information content (AvgIpc) is 2.84. The molecule has 1 atom stereocenters. The summed E-state index contributed by atoms with van der Waals surface area (Å²) in [7, 11) is 0. The summed E-state index contributed by atoms with van der Waals surface area (Å²) in [5.41, 5.74) is 3.28. The second-order valence-corrected chi connectivity index (χ2v) is 7.81. The van der Waals surface area contributed by atoms with E-state index in [2.05, 4.69) is 11.4 Å². The standard InChI is InChI=1S/C26H21N3O4/c27-16-18-6-11-22-20(14-18)12-13-29(25(22)31)23(15-17-4-2-1-3-5-17)24(30)28-21-9-7-19(8-10-21)26(32)33/h1-11,14,23H,12-13,15H2,(H,28,30)(H,32,33)/t23-/m0/s1. The highest BCUT2D eigenvalue weighted by Crippen LogP contribution is 2.24. The number of rotatable bonds is 6. The SMILES string of the molecule is N#Cc1ccc2c(c1)CCN([C@@H](Cc1ccccc1)C(=O)Nc1ccc(C(=O)O)cc1)C2=O. The molecule has 2 amide bonds. The first kappa shape index (κ1) is 21.8. The Morgan fingerprint density at radius 3 is 2.45 bits per heavy atom. The third-order valence-corrected chi connectivity index (χ3v) is 5.70. The van der Waals surface area contributed by atoms with Crippen molar-refractivity contribution in [1.82, 2.24) is 4.90 Å². The van der Waals surface area contributed by atoms with Crippen LogP contribution >= 0.6 is 0 Å². The first-order chi connectivity index (χ1) is 16.0. The van der Waals surface area contributed by atoms with Gasteiger partial charge in [0, 0.05) is 24.2 Å². The van der Waals surface area contributed by atoms with Crippen LogP contribution in [0.15, 0.2) is 72.8 Å². The normalized spacial score (nSPS) is 13.5. The Balaban J connectivity index is 1.61. The van der Waals surface area contributed by atoms with Crippen molar-refractivity contribution in [3.8, 4) is 6.07 Å². The quantitative estimate of drug-likeness (QED) is 0.611. The van der Waals surface area contributed by atoms with Crippen LogP contribution in [0.4, 0.5) is 5.69 Å². The molecule has 4 rings (SSSR count). The lowest BCUT2D eigenvalue weighted by atomic mass is 9.94. The maximum absolute atomic E-state index is 13.3. The van der Waals surface area contributed by atoms with E-state index in [9.17, 15) is 14.4 Å². The molecule has 3 aromatic carbocycles. The van der Waals surface area contributed by atoms with Crippen LogP contribution in [0.1, 0.15) is 37.4 Å². The molecule has 164 valence electrons. The number of hydrogen-bond acceptors (Lipinski definition) is 4. The van der Waals surface area contributed by atoms with Gasteiger partial charge in [-0.25, -0.2) is 4.79 Å². The van der Waals surface area contributed by atoms with Gasteiger partial charge >= 0.3 is 5.97 Å². The fourth-order valence-electron chi connectivity index (χ4n) is 3.98. The van der Waals surface area contributed by atoms with Gasteiger partial charge < -0.3 is 15.3 Å². The zero-order valence-corrected chi connectivity index (χ0v) is 17.7. The first-order valence-corrected chi connectivity index (χ1v) is 10.5. The number of benzene rings is 3. The zero-order valence-electron chi connectivity index (χ0n) is 17.7. The van der Waals surface area contributed by atoms with E-state index in [0.29, 0.717) is 36.2 Å². The third-order valence-electron chi connectivity index (χ3n) is 5.70. The minimum Gasteiger partial charge on any atom is -0.478 e. The summed E-state index contributed by atoms with van der Waals surface area (Å²) in [4.78, 5) is 39.3. The van der Waals surface area contributed by atoms with Gasteiger partial charge in [-0.15, -0.1) is 0 Å². The molecule has 0 saturated carbocycles. The van der Waals surface area contributed by atoms with Crippen molar-refractivity contribution < 1.29 is 19.5 Å². The molecule has 1 aliphatic heterocycles. The molecule has 1 heterocycles. The zero-order chi connectivity index (χ0) is 23.4. The van der Waals surface area contributed by atoms with E-state index in [1.807, 2.05) is 30.3 Å². The van der Waals surface area contributed by atoms with Gasteiger partial charge in [-0.1, -0.05) is 30.3 Å². The van der Waals surface area contributed by atoms with Crippen molar-refractivity contribution >= 4 is 23.5 Å². The Morgan fingerprint density at radius 1 is 1.06 bits per heavy atom. The van der Waals surface area contributed by atoms with Crippen LogP contribution in [0.3, 0.4) is 0 Å². The van der Waals surface area contributed by atoms with Crippen LogP contribution in [-0.4, -0.2) is 40.4 Å². The minimum atomic E-state index is -1.05. The molecule has 33 heavy (non-hydrogen) atoms. The number of carbonyl (C=O) groups is 3. The number of nitrogens with zero attached hydrogens (tertiary/aromatic N) is 2. The minimum absolute atomic E-state index is 0.119. The van der Waals surface area contributed by atoms with Gasteiger partial charge in [-0.3, -0.25) is 9.59 Å². The maximum Gasteiger partial charge on any atom is 0.335 e. The lowest BCUT2D eigenvalue weighted by Gasteiger charge is -2.35. The topological polar surface area (TPSA) is 110 Å². The van der Waals surface area contributed by atoms with Gasteiger partial charge in [0.2, 0.25) is 5.91 Å². The Bertz CT molecular complexity index is 1250. The summed E-state index contributed by atoms with van der Waals surface area (Å²) in [5, 5.41) is 21.0. The molecule has 0 aromatic heterocycles. The number of hydrogen-bond donors (Lipinski definition) is 2. The van der Waals surface area contributed by atoms with E-state index < -0.39 is 12.0 Å². The molecule has 0 aliphatic carbocycles. The summed E-state index contributed by atoms with van der Waals surface area (Å²) >= 11 is 0.